The molecule has 0 aromatic heterocycles. The molecule has 2 atom stereocenters. The van der Waals surface area contributed by atoms with Crippen LogP contribution in [0.5, 0.6) is 0 Å². The van der Waals surface area contributed by atoms with Crippen LogP contribution in [-0.4, -0.2) is 18.6 Å². The summed E-state index contributed by atoms with van der Waals surface area (Å²) in [6.45, 7) is 0. The summed E-state index contributed by atoms with van der Waals surface area (Å²) in [6.07, 6.45) is 3.44. The van der Waals surface area contributed by atoms with Crippen LogP contribution < -0.4 is 5.73 Å². The number of benzene rings is 1. The van der Waals surface area contributed by atoms with Crippen molar-refractivity contribution >= 4 is 17.6 Å². The Balaban J connectivity index is 2.13. The molecule has 1 saturated carbocycles. The van der Waals surface area contributed by atoms with Gasteiger partial charge in [0.1, 0.15) is 5.54 Å². The third-order valence-electron chi connectivity index (χ3n) is 3.83. The average molecular weight is 268 g/mol. The monoisotopic (exact) mass is 267 g/mol. The van der Waals surface area contributed by atoms with E-state index in [2.05, 4.69) is 0 Å². The Kier molecular flexibility index (Phi) is 3.93. The fraction of sp³-hybridized carbons (Fsp3) is 0.500. The van der Waals surface area contributed by atoms with Gasteiger partial charge in [-0.25, -0.2) is 0 Å². The minimum absolute atomic E-state index is 0.145. The van der Waals surface area contributed by atoms with Crippen LogP contribution in [-0.2, 0) is 16.0 Å². The lowest BCUT2D eigenvalue weighted by Crippen LogP contribution is -2.52. The first-order valence-electron chi connectivity index (χ1n) is 6.18. The highest BCUT2D eigenvalue weighted by Gasteiger charge is 2.46. The third kappa shape index (κ3) is 2.52. The van der Waals surface area contributed by atoms with E-state index in [9.17, 15) is 4.79 Å². The van der Waals surface area contributed by atoms with Crippen molar-refractivity contribution in [2.75, 3.05) is 7.11 Å². The molecule has 0 heterocycles. The zero-order valence-electron chi connectivity index (χ0n) is 10.5. The second-order valence-electron chi connectivity index (χ2n) is 4.95. The maximum Gasteiger partial charge on any atom is 0.326 e. The predicted octanol–water partition coefficient (Wildman–Crippen LogP) is 2.55. The van der Waals surface area contributed by atoms with Crippen LogP contribution in [0.2, 0.25) is 5.02 Å². The number of esters is 1. The van der Waals surface area contributed by atoms with Gasteiger partial charge in [0.15, 0.2) is 0 Å². The van der Waals surface area contributed by atoms with Crippen LogP contribution in [0.1, 0.15) is 24.8 Å². The zero-order chi connectivity index (χ0) is 13.2. The normalized spacial score (nSPS) is 27.2. The quantitative estimate of drug-likeness (QED) is 0.857. The van der Waals surface area contributed by atoms with Gasteiger partial charge in [-0.15, -0.1) is 0 Å². The summed E-state index contributed by atoms with van der Waals surface area (Å²) in [5, 5.41) is 0.720. The molecule has 98 valence electrons. The number of carbonyl (C=O) groups is 1. The van der Waals surface area contributed by atoms with E-state index in [1.165, 1.54) is 7.11 Å². The lowest BCUT2D eigenvalue weighted by atomic mass is 9.83. The molecule has 0 spiro atoms. The molecule has 18 heavy (non-hydrogen) atoms. The summed E-state index contributed by atoms with van der Waals surface area (Å²) in [6, 6.07) is 7.70. The molecule has 0 radical (unpaired) electrons. The highest BCUT2D eigenvalue weighted by molar-refractivity contribution is 6.30. The molecular weight excluding hydrogens is 250 g/mol. The van der Waals surface area contributed by atoms with E-state index >= 15 is 0 Å². The second-order valence-corrected chi connectivity index (χ2v) is 5.39. The van der Waals surface area contributed by atoms with Crippen molar-refractivity contribution in [1.82, 2.24) is 0 Å². The Morgan fingerprint density at radius 1 is 1.50 bits per heavy atom. The zero-order valence-corrected chi connectivity index (χ0v) is 11.2. The van der Waals surface area contributed by atoms with Gasteiger partial charge >= 0.3 is 5.97 Å². The number of carbonyl (C=O) groups excluding carboxylic acids is 1. The van der Waals surface area contributed by atoms with Gasteiger partial charge in [-0.3, -0.25) is 4.79 Å². The predicted molar refractivity (Wildman–Crippen MR) is 71.4 cm³/mol. The Morgan fingerprint density at radius 3 is 2.78 bits per heavy atom. The van der Waals surface area contributed by atoms with Crippen LogP contribution in [0.4, 0.5) is 0 Å². The first-order valence-corrected chi connectivity index (χ1v) is 6.56. The molecule has 0 bridgehead atoms. The van der Waals surface area contributed by atoms with E-state index in [0.717, 1.165) is 29.8 Å². The summed E-state index contributed by atoms with van der Waals surface area (Å²) < 4.78 is 4.84. The minimum atomic E-state index is -0.825. The number of methoxy groups -OCH3 is 1. The van der Waals surface area contributed by atoms with E-state index in [1.807, 2.05) is 24.3 Å². The molecule has 1 aliphatic carbocycles. The standard InChI is InChI=1S/C14H18ClNO2/c1-18-13(17)14(16)8-2-3-11(14)9-10-4-6-12(15)7-5-10/h4-7,11H,2-3,8-9,16H2,1H3. The van der Waals surface area contributed by atoms with Crippen molar-refractivity contribution in [2.45, 2.75) is 31.2 Å². The van der Waals surface area contributed by atoms with Crippen molar-refractivity contribution in [3.8, 4) is 0 Å². The first kappa shape index (κ1) is 13.4. The van der Waals surface area contributed by atoms with Crippen LogP contribution in [0.3, 0.4) is 0 Å². The summed E-state index contributed by atoms with van der Waals surface area (Å²) in [7, 11) is 1.40. The molecule has 0 saturated heterocycles. The van der Waals surface area contributed by atoms with E-state index in [0.29, 0.717) is 6.42 Å². The van der Waals surface area contributed by atoms with Gasteiger partial charge in [0.05, 0.1) is 7.11 Å². The van der Waals surface area contributed by atoms with E-state index in [4.69, 9.17) is 22.1 Å². The van der Waals surface area contributed by atoms with E-state index < -0.39 is 5.54 Å². The first-order chi connectivity index (χ1) is 8.56. The van der Waals surface area contributed by atoms with Gasteiger partial charge in [0, 0.05) is 5.02 Å². The highest BCUT2D eigenvalue weighted by atomic mass is 35.5. The highest BCUT2D eigenvalue weighted by Crippen LogP contribution is 2.37. The Hall–Kier alpha value is -1.06. The topological polar surface area (TPSA) is 52.3 Å². The maximum atomic E-state index is 11.8. The van der Waals surface area contributed by atoms with Crippen LogP contribution in [0.15, 0.2) is 24.3 Å². The molecule has 2 unspecified atom stereocenters. The number of nitrogens with two attached hydrogens (primary N) is 1. The lowest BCUT2D eigenvalue weighted by molar-refractivity contribution is -0.148. The second kappa shape index (κ2) is 5.29. The van der Waals surface area contributed by atoms with Crippen molar-refractivity contribution in [3.63, 3.8) is 0 Å². The van der Waals surface area contributed by atoms with Gasteiger partial charge in [-0.05, 0) is 42.9 Å². The van der Waals surface area contributed by atoms with Gasteiger partial charge in [0.25, 0.3) is 0 Å². The van der Waals surface area contributed by atoms with Crippen molar-refractivity contribution in [1.29, 1.82) is 0 Å². The molecule has 2 N–H and O–H groups in total. The van der Waals surface area contributed by atoms with Crippen LogP contribution >= 0.6 is 11.6 Å². The summed E-state index contributed by atoms with van der Waals surface area (Å²) in [4.78, 5) is 11.8. The van der Waals surface area contributed by atoms with Crippen molar-refractivity contribution in [2.24, 2.45) is 11.7 Å². The Bertz CT molecular complexity index is 432. The van der Waals surface area contributed by atoms with Gasteiger partial charge in [-0.1, -0.05) is 30.2 Å². The number of hydrogen-bond acceptors (Lipinski definition) is 3. The molecule has 1 aliphatic rings. The Labute approximate surface area is 112 Å². The SMILES string of the molecule is COC(=O)C1(N)CCCC1Cc1ccc(Cl)cc1. The largest absolute Gasteiger partial charge is 0.468 e. The summed E-state index contributed by atoms with van der Waals surface area (Å²) in [5.41, 5.74) is 6.57. The number of hydrogen-bond donors (Lipinski definition) is 1. The van der Waals surface area contributed by atoms with Gasteiger partial charge in [-0.2, -0.15) is 0 Å². The summed E-state index contributed by atoms with van der Waals surface area (Å²) >= 11 is 5.86. The fourth-order valence-corrected chi connectivity index (χ4v) is 2.88. The molecule has 3 nitrogen and oxygen atoms in total. The maximum absolute atomic E-state index is 11.8. The molecule has 0 amide bonds. The lowest BCUT2D eigenvalue weighted by Gasteiger charge is -2.28. The molecule has 1 fully saturated rings. The van der Waals surface area contributed by atoms with Crippen LogP contribution in [0.25, 0.3) is 0 Å². The van der Waals surface area contributed by atoms with Crippen molar-refractivity contribution < 1.29 is 9.53 Å². The molecule has 0 aliphatic heterocycles. The molecule has 2 rings (SSSR count). The van der Waals surface area contributed by atoms with Crippen LogP contribution in [0, 0.1) is 5.92 Å². The fourth-order valence-electron chi connectivity index (χ4n) is 2.75. The van der Waals surface area contributed by atoms with Crippen molar-refractivity contribution in [3.05, 3.63) is 34.9 Å². The molecule has 1 aromatic carbocycles. The van der Waals surface area contributed by atoms with E-state index in [1.54, 1.807) is 0 Å². The minimum Gasteiger partial charge on any atom is -0.468 e. The average Bonchev–Trinajstić information content (AvgIpc) is 2.74. The number of halogens is 1. The van der Waals surface area contributed by atoms with Gasteiger partial charge in [0.2, 0.25) is 0 Å². The molecule has 4 heteroatoms. The number of rotatable bonds is 3. The summed E-state index contributed by atoms with van der Waals surface area (Å²) in [5.74, 6) is -0.148. The Morgan fingerprint density at radius 2 is 2.17 bits per heavy atom. The van der Waals surface area contributed by atoms with E-state index in [-0.39, 0.29) is 11.9 Å². The van der Waals surface area contributed by atoms with Gasteiger partial charge < -0.3 is 10.5 Å². The number of ether oxygens (including phenoxy) is 1. The smallest absolute Gasteiger partial charge is 0.326 e. The molecule has 1 aromatic rings. The molecular formula is C14H18ClNO2. The third-order valence-corrected chi connectivity index (χ3v) is 4.08.